The summed E-state index contributed by atoms with van der Waals surface area (Å²) in [5.74, 6) is 0.833. The number of imidazole rings is 1. The van der Waals surface area contributed by atoms with Crippen LogP contribution in [0.2, 0.25) is 5.02 Å². The molecule has 3 rings (SSSR count). The van der Waals surface area contributed by atoms with Crippen molar-refractivity contribution in [3.05, 3.63) is 41.6 Å². The van der Waals surface area contributed by atoms with Crippen LogP contribution in [0.1, 0.15) is 6.92 Å². The molecule has 2 N–H and O–H groups in total. The molecule has 0 aliphatic carbocycles. The Morgan fingerprint density at radius 3 is 2.79 bits per heavy atom. The average molecular weight is 273 g/mol. The second-order valence-corrected chi connectivity index (χ2v) is 4.73. The fraction of sp³-hybridized carbons (Fsp3) is 0.143. The van der Waals surface area contributed by atoms with Crippen LogP contribution in [0.3, 0.4) is 0 Å². The van der Waals surface area contributed by atoms with Crippen molar-refractivity contribution < 1.29 is 0 Å². The molecule has 0 amide bonds. The van der Waals surface area contributed by atoms with Crippen LogP contribution in [-0.2, 0) is 6.54 Å². The zero-order valence-corrected chi connectivity index (χ0v) is 11.2. The van der Waals surface area contributed by atoms with Gasteiger partial charge in [-0.3, -0.25) is 4.98 Å². The van der Waals surface area contributed by atoms with Gasteiger partial charge in [-0.05, 0) is 37.3 Å². The van der Waals surface area contributed by atoms with E-state index < -0.39 is 0 Å². The molecule has 0 atom stereocenters. The Kier molecular flexibility index (Phi) is 2.87. The molecule has 0 bridgehead atoms. The van der Waals surface area contributed by atoms with Crippen LogP contribution in [0.5, 0.6) is 0 Å². The Labute approximate surface area is 115 Å². The van der Waals surface area contributed by atoms with Crippen molar-refractivity contribution in [2.75, 3.05) is 5.73 Å². The smallest absolute Gasteiger partial charge is 0.159 e. The molecule has 19 heavy (non-hydrogen) atoms. The summed E-state index contributed by atoms with van der Waals surface area (Å²) in [4.78, 5) is 8.96. The van der Waals surface area contributed by atoms with Crippen LogP contribution in [0, 0.1) is 0 Å². The summed E-state index contributed by atoms with van der Waals surface area (Å²) >= 11 is 6.05. The van der Waals surface area contributed by atoms with Gasteiger partial charge in [0.1, 0.15) is 5.69 Å². The van der Waals surface area contributed by atoms with E-state index in [0.29, 0.717) is 10.7 Å². The van der Waals surface area contributed by atoms with E-state index in [1.54, 1.807) is 6.20 Å². The molecule has 0 unspecified atom stereocenters. The third kappa shape index (κ3) is 2.04. The number of aryl methyl sites for hydroxylation is 1. The minimum absolute atomic E-state index is 0.644. The van der Waals surface area contributed by atoms with Crippen molar-refractivity contribution >= 4 is 28.3 Å². The first-order chi connectivity index (χ1) is 9.19. The third-order valence-electron chi connectivity index (χ3n) is 3.04. The van der Waals surface area contributed by atoms with Gasteiger partial charge in [-0.2, -0.15) is 0 Å². The highest BCUT2D eigenvalue weighted by Gasteiger charge is 2.12. The standard InChI is InChI=1S/C14H13ClN4/c1-2-19-13-7-9(15)3-5-11(13)18-14(19)12-6-4-10(16)8-17-12/h3-8H,2,16H2,1H3. The van der Waals surface area contributed by atoms with Gasteiger partial charge in [0.05, 0.1) is 22.9 Å². The van der Waals surface area contributed by atoms with Crippen molar-refractivity contribution in [1.29, 1.82) is 0 Å². The van der Waals surface area contributed by atoms with Crippen molar-refractivity contribution in [2.45, 2.75) is 13.5 Å². The molecule has 0 saturated carbocycles. The minimum atomic E-state index is 0.644. The topological polar surface area (TPSA) is 56.7 Å². The minimum Gasteiger partial charge on any atom is -0.397 e. The summed E-state index contributed by atoms with van der Waals surface area (Å²) in [7, 11) is 0. The predicted octanol–water partition coefficient (Wildman–Crippen LogP) is 3.35. The van der Waals surface area contributed by atoms with Crippen LogP contribution < -0.4 is 5.73 Å². The van der Waals surface area contributed by atoms with E-state index in [4.69, 9.17) is 17.3 Å². The van der Waals surface area contributed by atoms with Gasteiger partial charge in [-0.15, -0.1) is 0 Å². The van der Waals surface area contributed by atoms with Gasteiger partial charge in [0.15, 0.2) is 5.82 Å². The molecule has 2 aromatic heterocycles. The van der Waals surface area contributed by atoms with E-state index >= 15 is 0 Å². The van der Waals surface area contributed by atoms with E-state index in [-0.39, 0.29) is 0 Å². The Morgan fingerprint density at radius 1 is 1.26 bits per heavy atom. The maximum atomic E-state index is 6.05. The lowest BCUT2D eigenvalue weighted by atomic mass is 10.3. The average Bonchev–Trinajstić information content (AvgIpc) is 2.77. The normalized spacial score (nSPS) is 11.1. The molecule has 5 heteroatoms. The molecule has 4 nitrogen and oxygen atoms in total. The third-order valence-corrected chi connectivity index (χ3v) is 3.28. The number of halogens is 1. The highest BCUT2D eigenvalue weighted by atomic mass is 35.5. The lowest BCUT2D eigenvalue weighted by Gasteiger charge is -2.05. The van der Waals surface area contributed by atoms with Crippen LogP contribution in [0.25, 0.3) is 22.6 Å². The number of hydrogen-bond donors (Lipinski definition) is 1. The molecule has 0 aliphatic heterocycles. The summed E-state index contributed by atoms with van der Waals surface area (Å²) in [6.07, 6.45) is 1.64. The summed E-state index contributed by atoms with van der Waals surface area (Å²) in [6, 6.07) is 9.40. The quantitative estimate of drug-likeness (QED) is 0.778. The molecule has 3 aromatic rings. The zero-order valence-electron chi connectivity index (χ0n) is 10.5. The van der Waals surface area contributed by atoms with Gasteiger partial charge in [-0.1, -0.05) is 11.6 Å². The molecule has 0 aliphatic rings. The molecular formula is C14H13ClN4. The largest absolute Gasteiger partial charge is 0.397 e. The number of hydrogen-bond acceptors (Lipinski definition) is 3. The second kappa shape index (κ2) is 4.55. The number of benzene rings is 1. The number of anilines is 1. The summed E-state index contributed by atoms with van der Waals surface area (Å²) in [5.41, 5.74) is 9.05. The van der Waals surface area contributed by atoms with Gasteiger partial charge >= 0.3 is 0 Å². The fourth-order valence-corrected chi connectivity index (χ4v) is 2.32. The lowest BCUT2D eigenvalue weighted by molar-refractivity contribution is 0.793. The monoisotopic (exact) mass is 272 g/mol. The summed E-state index contributed by atoms with van der Waals surface area (Å²) < 4.78 is 2.10. The van der Waals surface area contributed by atoms with Gasteiger partial charge in [0, 0.05) is 11.6 Å². The van der Waals surface area contributed by atoms with Crippen molar-refractivity contribution in [3.63, 3.8) is 0 Å². The number of nitrogens with two attached hydrogens (primary N) is 1. The number of fused-ring (bicyclic) bond motifs is 1. The lowest BCUT2D eigenvalue weighted by Crippen LogP contribution is -1.99. The van der Waals surface area contributed by atoms with Crippen LogP contribution in [0.4, 0.5) is 5.69 Å². The number of aromatic nitrogens is 3. The molecule has 0 saturated heterocycles. The van der Waals surface area contributed by atoms with Crippen molar-refractivity contribution in [1.82, 2.24) is 14.5 Å². The van der Waals surface area contributed by atoms with Gasteiger partial charge in [0.25, 0.3) is 0 Å². The molecular weight excluding hydrogens is 260 g/mol. The molecule has 2 heterocycles. The van der Waals surface area contributed by atoms with Crippen LogP contribution in [0.15, 0.2) is 36.5 Å². The first-order valence-electron chi connectivity index (χ1n) is 6.06. The maximum absolute atomic E-state index is 6.05. The summed E-state index contributed by atoms with van der Waals surface area (Å²) in [5, 5.41) is 0.707. The summed E-state index contributed by atoms with van der Waals surface area (Å²) in [6.45, 7) is 2.88. The Balaban J connectivity index is 2.25. The SMILES string of the molecule is CCn1c(-c2ccc(N)cn2)nc2ccc(Cl)cc21. The van der Waals surface area contributed by atoms with Gasteiger partial charge in [-0.25, -0.2) is 4.98 Å². The van der Waals surface area contributed by atoms with E-state index in [0.717, 1.165) is 29.1 Å². The van der Waals surface area contributed by atoms with E-state index in [9.17, 15) is 0 Å². The maximum Gasteiger partial charge on any atom is 0.159 e. The van der Waals surface area contributed by atoms with Crippen molar-refractivity contribution in [2.24, 2.45) is 0 Å². The highest BCUT2D eigenvalue weighted by molar-refractivity contribution is 6.31. The molecule has 0 spiro atoms. The molecule has 0 radical (unpaired) electrons. The van der Waals surface area contributed by atoms with Crippen molar-refractivity contribution in [3.8, 4) is 11.5 Å². The van der Waals surface area contributed by atoms with Gasteiger partial charge < -0.3 is 10.3 Å². The van der Waals surface area contributed by atoms with E-state index in [1.165, 1.54) is 0 Å². The zero-order chi connectivity index (χ0) is 13.4. The Hall–Kier alpha value is -2.07. The second-order valence-electron chi connectivity index (χ2n) is 4.29. The van der Waals surface area contributed by atoms with Gasteiger partial charge in [0.2, 0.25) is 0 Å². The number of nitrogen functional groups attached to an aromatic ring is 1. The Morgan fingerprint density at radius 2 is 2.11 bits per heavy atom. The number of nitrogens with zero attached hydrogens (tertiary/aromatic N) is 3. The molecule has 1 aromatic carbocycles. The number of rotatable bonds is 2. The number of pyridine rings is 1. The van der Waals surface area contributed by atoms with E-state index in [1.807, 2.05) is 30.3 Å². The Bertz CT molecular complexity index is 731. The fourth-order valence-electron chi connectivity index (χ4n) is 2.15. The molecule has 0 fully saturated rings. The highest BCUT2D eigenvalue weighted by Crippen LogP contribution is 2.26. The predicted molar refractivity (Wildman–Crippen MR) is 78.1 cm³/mol. The molecule has 96 valence electrons. The first kappa shape index (κ1) is 12.0. The first-order valence-corrected chi connectivity index (χ1v) is 6.44. The van der Waals surface area contributed by atoms with Crippen LogP contribution in [-0.4, -0.2) is 14.5 Å². The van der Waals surface area contributed by atoms with Crippen LogP contribution >= 0.6 is 11.6 Å². The van der Waals surface area contributed by atoms with E-state index in [2.05, 4.69) is 21.5 Å².